The zero-order valence-electron chi connectivity index (χ0n) is 11.5. The van der Waals surface area contributed by atoms with Gasteiger partial charge in [0.1, 0.15) is 12.4 Å². The molecule has 2 nitrogen and oxygen atoms in total. The Balaban J connectivity index is 1.79. The second-order valence-corrected chi connectivity index (χ2v) is 5.62. The van der Waals surface area contributed by atoms with Gasteiger partial charge in [0.05, 0.1) is 6.10 Å². The molecule has 1 aromatic carbocycles. The highest BCUT2D eigenvalue weighted by atomic mass is 16.5. The van der Waals surface area contributed by atoms with Crippen LogP contribution in [0.25, 0.3) is 0 Å². The Morgan fingerprint density at radius 3 is 2.67 bits per heavy atom. The zero-order valence-corrected chi connectivity index (χ0v) is 11.5. The lowest BCUT2D eigenvalue weighted by Crippen LogP contribution is -2.20. The largest absolute Gasteiger partial charge is 0.491 e. The molecule has 1 atom stereocenters. The maximum Gasteiger partial charge on any atom is 0.122 e. The van der Waals surface area contributed by atoms with Crippen LogP contribution in [0.3, 0.4) is 0 Å². The second-order valence-electron chi connectivity index (χ2n) is 5.62. The number of hydrogen-bond acceptors (Lipinski definition) is 2. The summed E-state index contributed by atoms with van der Waals surface area (Å²) in [6.07, 6.45) is 5.78. The molecule has 2 rings (SSSR count). The van der Waals surface area contributed by atoms with Gasteiger partial charge in [-0.2, -0.15) is 0 Å². The molecule has 1 unspecified atom stereocenters. The van der Waals surface area contributed by atoms with Crippen molar-refractivity contribution < 1.29 is 9.84 Å². The summed E-state index contributed by atoms with van der Waals surface area (Å²) in [4.78, 5) is 0. The average Bonchev–Trinajstić information content (AvgIpc) is 2.80. The summed E-state index contributed by atoms with van der Waals surface area (Å²) < 4.78 is 5.71. The Morgan fingerprint density at radius 2 is 2.00 bits per heavy atom. The summed E-state index contributed by atoms with van der Waals surface area (Å²) in [5.74, 6) is 1.61. The molecule has 100 valence electrons. The number of aryl methyl sites for hydroxylation is 2. The van der Waals surface area contributed by atoms with Crippen molar-refractivity contribution in [3.63, 3.8) is 0 Å². The molecule has 2 heteroatoms. The van der Waals surface area contributed by atoms with E-state index in [4.69, 9.17) is 4.74 Å². The SMILES string of the molecule is Cc1ccc(OCC(O)CC2CCCC2)c(C)c1. The lowest BCUT2D eigenvalue weighted by molar-refractivity contribution is 0.0852. The van der Waals surface area contributed by atoms with E-state index in [9.17, 15) is 5.11 Å². The molecular weight excluding hydrogens is 224 g/mol. The van der Waals surface area contributed by atoms with E-state index in [0.717, 1.165) is 17.7 Å². The van der Waals surface area contributed by atoms with E-state index < -0.39 is 0 Å². The molecule has 0 spiro atoms. The third-order valence-electron chi connectivity index (χ3n) is 3.84. The predicted octanol–water partition coefficient (Wildman–Crippen LogP) is 3.62. The van der Waals surface area contributed by atoms with Crippen molar-refractivity contribution >= 4 is 0 Å². The van der Waals surface area contributed by atoms with Crippen LogP contribution in [0.4, 0.5) is 0 Å². The van der Waals surface area contributed by atoms with Gasteiger partial charge in [0.2, 0.25) is 0 Å². The van der Waals surface area contributed by atoms with Gasteiger partial charge in [0.25, 0.3) is 0 Å². The molecule has 1 aromatic rings. The summed E-state index contributed by atoms with van der Waals surface area (Å²) in [7, 11) is 0. The van der Waals surface area contributed by atoms with Gasteiger partial charge in [-0.15, -0.1) is 0 Å². The zero-order chi connectivity index (χ0) is 13.0. The van der Waals surface area contributed by atoms with E-state index in [1.807, 2.05) is 19.1 Å². The molecule has 1 aliphatic carbocycles. The van der Waals surface area contributed by atoms with Gasteiger partial charge in [-0.05, 0) is 37.8 Å². The topological polar surface area (TPSA) is 29.5 Å². The third-order valence-corrected chi connectivity index (χ3v) is 3.84. The molecule has 0 saturated heterocycles. The molecule has 1 saturated carbocycles. The number of aliphatic hydroxyl groups is 1. The van der Waals surface area contributed by atoms with Crippen molar-refractivity contribution in [3.8, 4) is 5.75 Å². The first-order valence-electron chi connectivity index (χ1n) is 7.03. The minimum Gasteiger partial charge on any atom is -0.491 e. The molecule has 18 heavy (non-hydrogen) atoms. The summed E-state index contributed by atoms with van der Waals surface area (Å²) in [6.45, 7) is 4.54. The molecule has 0 bridgehead atoms. The average molecular weight is 248 g/mol. The molecule has 0 amide bonds. The van der Waals surface area contributed by atoms with Crippen LogP contribution in [0, 0.1) is 19.8 Å². The number of aliphatic hydroxyl groups excluding tert-OH is 1. The highest BCUT2D eigenvalue weighted by Crippen LogP contribution is 2.28. The van der Waals surface area contributed by atoms with Gasteiger partial charge < -0.3 is 9.84 Å². The Bertz CT molecular complexity index is 381. The minimum absolute atomic E-state index is 0.325. The summed E-state index contributed by atoms with van der Waals surface area (Å²) >= 11 is 0. The van der Waals surface area contributed by atoms with Crippen LogP contribution >= 0.6 is 0 Å². The van der Waals surface area contributed by atoms with E-state index in [-0.39, 0.29) is 6.10 Å². The molecular formula is C16H24O2. The Hall–Kier alpha value is -1.02. The van der Waals surface area contributed by atoms with Crippen molar-refractivity contribution in [1.29, 1.82) is 0 Å². The lowest BCUT2D eigenvalue weighted by atomic mass is 10.0. The van der Waals surface area contributed by atoms with E-state index >= 15 is 0 Å². The predicted molar refractivity (Wildman–Crippen MR) is 74.0 cm³/mol. The molecule has 1 N–H and O–H groups in total. The molecule has 0 heterocycles. The van der Waals surface area contributed by atoms with Crippen LogP contribution in [0.1, 0.15) is 43.2 Å². The number of hydrogen-bond donors (Lipinski definition) is 1. The molecule has 1 fully saturated rings. The molecule has 1 aliphatic rings. The first kappa shape index (κ1) is 13.4. The van der Waals surface area contributed by atoms with Gasteiger partial charge in [-0.3, -0.25) is 0 Å². The van der Waals surface area contributed by atoms with Crippen molar-refractivity contribution in [2.45, 2.75) is 52.1 Å². The van der Waals surface area contributed by atoms with E-state index in [1.54, 1.807) is 0 Å². The van der Waals surface area contributed by atoms with Crippen molar-refractivity contribution in [2.24, 2.45) is 5.92 Å². The fourth-order valence-electron chi connectivity index (χ4n) is 2.85. The minimum atomic E-state index is -0.325. The fraction of sp³-hybridized carbons (Fsp3) is 0.625. The maximum atomic E-state index is 9.99. The normalized spacial score (nSPS) is 17.9. The van der Waals surface area contributed by atoms with Crippen LogP contribution in [0.5, 0.6) is 5.75 Å². The van der Waals surface area contributed by atoms with Gasteiger partial charge >= 0.3 is 0 Å². The van der Waals surface area contributed by atoms with Crippen LogP contribution in [-0.4, -0.2) is 17.8 Å². The second kappa shape index (κ2) is 6.24. The van der Waals surface area contributed by atoms with Gasteiger partial charge in [-0.25, -0.2) is 0 Å². The van der Waals surface area contributed by atoms with E-state index in [1.165, 1.54) is 31.2 Å². The third kappa shape index (κ3) is 3.74. The highest BCUT2D eigenvalue weighted by Gasteiger charge is 2.19. The standard InChI is InChI=1S/C16H24O2/c1-12-7-8-16(13(2)9-12)18-11-15(17)10-14-5-3-4-6-14/h7-9,14-15,17H,3-6,10-11H2,1-2H3. The Kier molecular flexibility index (Phi) is 4.65. The fourth-order valence-corrected chi connectivity index (χ4v) is 2.85. The van der Waals surface area contributed by atoms with E-state index in [2.05, 4.69) is 13.0 Å². The highest BCUT2D eigenvalue weighted by molar-refractivity contribution is 5.35. The van der Waals surface area contributed by atoms with Crippen LogP contribution in [-0.2, 0) is 0 Å². The quantitative estimate of drug-likeness (QED) is 0.862. The van der Waals surface area contributed by atoms with E-state index in [0.29, 0.717) is 12.5 Å². The van der Waals surface area contributed by atoms with Gasteiger partial charge in [0, 0.05) is 0 Å². The molecule has 0 aliphatic heterocycles. The van der Waals surface area contributed by atoms with Crippen LogP contribution in [0.15, 0.2) is 18.2 Å². The lowest BCUT2D eigenvalue weighted by Gasteiger charge is -2.17. The number of rotatable bonds is 5. The van der Waals surface area contributed by atoms with Crippen molar-refractivity contribution in [1.82, 2.24) is 0 Å². The summed E-state index contributed by atoms with van der Waals surface area (Å²) in [5.41, 5.74) is 2.38. The maximum absolute atomic E-state index is 9.99. The van der Waals surface area contributed by atoms with Crippen LogP contribution < -0.4 is 4.74 Å². The van der Waals surface area contributed by atoms with Gasteiger partial charge in [-0.1, -0.05) is 43.4 Å². The molecule has 0 aromatic heterocycles. The first-order chi connectivity index (χ1) is 8.65. The number of benzene rings is 1. The first-order valence-corrected chi connectivity index (χ1v) is 7.03. The van der Waals surface area contributed by atoms with Gasteiger partial charge in [0.15, 0.2) is 0 Å². The van der Waals surface area contributed by atoms with Crippen molar-refractivity contribution in [3.05, 3.63) is 29.3 Å². The Labute approximate surface area is 110 Å². The molecule has 0 radical (unpaired) electrons. The summed E-state index contributed by atoms with van der Waals surface area (Å²) in [6, 6.07) is 6.15. The monoisotopic (exact) mass is 248 g/mol. The Morgan fingerprint density at radius 1 is 1.28 bits per heavy atom. The van der Waals surface area contributed by atoms with Crippen LogP contribution in [0.2, 0.25) is 0 Å². The number of ether oxygens (including phenoxy) is 1. The van der Waals surface area contributed by atoms with Crippen molar-refractivity contribution in [2.75, 3.05) is 6.61 Å². The summed E-state index contributed by atoms with van der Waals surface area (Å²) in [5, 5.41) is 9.99. The smallest absolute Gasteiger partial charge is 0.122 e.